The van der Waals surface area contributed by atoms with Gasteiger partial charge in [0.05, 0.1) is 30.3 Å². The Kier molecular flexibility index (Phi) is 4.49. The lowest BCUT2D eigenvalue weighted by atomic mass is 10.2. The highest BCUT2D eigenvalue weighted by molar-refractivity contribution is 7.09. The number of aryl methyl sites for hydroxylation is 2. The number of amides is 1. The molecule has 0 radical (unpaired) electrons. The monoisotopic (exact) mass is 321 g/mol. The van der Waals surface area contributed by atoms with Crippen LogP contribution < -0.4 is 0 Å². The Bertz CT molecular complexity index is 653. The van der Waals surface area contributed by atoms with Crippen LogP contribution in [0.5, 0.6) is 0 Å². The second-order valence-electron chi connectivity index (χ2n) is 5.23. The van der Waals surface area contributed by atoms with E-state index in [0.717, 1.165) is 22.9 Å². The van der Waals surface area contributed by atoms with Crippen LogP contribution in [-0.2, 0) is 22.4 Å². The van der Waals surface area contributed by atoms with Gasteiger partial charge in [-0.05, 0) is 6.92 Å². The molecule has 3 rings (SSSR count). The van der Waals surface area contributed by atoms with Gasteiger partial charge in [-0.3, -0.25) is 9.89 Å². The van der Waals surface area contributed by atoms with Crippen molar-refractivity contribution in [3.8, 4) is 0 Å². The van der Waals surface area contributed by atoms with Crippen molar-refractivity contribution in [1.82, 2.24) is 25.1 Å². The Labute approximate surface area is 132 Å². The maximum atomic E-state index is 12.4. The molecule has 0 saturated carbocycles. The van der Waals surface area contributed by atoms with Crippen LogP contribution >= 0.6 is 11.3 Å². The van der Waals surface area contributed by atoms with E-state index in [1.165, 1.54) is 0 Å². The van der Waals surface area contributed by atoms with Gasteiger partial charge in [0, 0.05) is 18.3 Å². The molecule has 118 valence electrons. The van der Waals surface area contributed by atoms with Crippen molar-refractivity contribution in [3.63, 3.8) is 0 Å². The molecule has 2 aromatic heterocycles. The molecule has 1 fully saturated rings. The summed E-state index contributed by atoms with van der Waals surface area (Å²) in [7, 11) is 0. The molecule has 3 heterocycles. The first-order chi connectivity index (χ1) is 10.7. The van der Waals surface area contributed by atoms with Gasteiger partial charge in [0.15, 0.2) is 5.82 Å². The number of morpholine rings is 1. The Morgan fingerprint density at radius 3 is 3.09 bits per heavy atom. The predicted octanol–water partition coefficient (Wildman–Crippen LogP) is 1.27. The minimum absolute atomic E-state index is 0.0739. The lowest BCUT2D eigenvalue weighted by Gasteiger charge is -2.31. The van der Waals surface area contributed by atoms with E-state index < -0.39 is 0 Å². The highest BCUT2D eigenvalue weighted by Crippen LogP contribution is 2.20. The molecule has 1 aliphatic heterocycles. The number of aromatic nitrogens is 4. The Balaban J connectivity index is 1.63. The van der Waals surface area contributed by atoms with Gasteiger partial charge in [-0.2, -0.15) is 5.10 Å². The predicted molar refractivity (Wildman–Crippen MR) is 81.6 cm³/mol. The number of rotatable bonds is 4. The summed E-state index contributed by atoms with van der Waals surface area (Å²) in [5, 5.41) is 9.99. The molecule has 1 atom stereocenters. The molecule has 22 heavy (non-hydrogen) atoms. The molecule has 1 aliphatic rings. The van der Waals surface area contributed by atoms with Crippen LogP contribution in [0.1, 0.15) is 35.4 Å². The summed E-state index contributed by atoms with van der Waals surface area (Å²) < 4.78 is 5.70. The summed E-state index contributed by atoms with van der Waals surface area (Å²) in [4.78, 5) is 23.0. The van der Waals surface area contributed by atoms with Crippen LogP contribution in [0.25, 0.3) is 0 Å². The quantitative estimate of drug-likeness (QED) is 0.917. The van der Waals surface area contributed by atoms with Gasteiger partial charge in [0.2, 0.25) is 5.91 Å². The lowest BCUT2D eigenvalue weighted by molar-refractivity contribution is -0.138. The minimum Gasteiger partial charge on any atom is -0.366 e. The first-order valence-electron chi connectivity index (χ1n) is 7.37. The van der Waals surface area contributed by atoms with Crippen molar-refractivity contribution >= 4 is 17.2 Å². The highest BCUT2D eigenvalue weighted by atomic mass is 32.1. The van der Waals surface area contributed by atoms with E-state index in [-0.39, 0.29) is 12.0 Å². The van der Waals surface area contributed by atoms with E-state index in [2.05, 4.69) is 20.2 Å². The van der Waals surface area contributed by atoms with Crippen LogP contribution in [0.15, 0.2) is 5.38 Å². The smallest absolute Gasteiger partial charge is 0.228 e. The van der Waals surface area contributed by atoms with Gasteiger partial charge < -0.3 is 9.64 Å². The fourth-order valence-electron chi connectivity index (χ4n) is 2.40. The van der Waals surface area contributed by atoms with Crippen LogP contribution in [0, 0.1) is 6.92 Å². The van der Waals surface area contributed by atoms with E-state index in [1.807, 2.05) is 24.1 Å². The fourth-order valence-corrected chi connectivity index (χ4v) is 3.01. The Morgan fingerprint density at radius 2 is 2.41 bits per heavy atom. The molecule has 0 spiro atoms. The molecular weight excluding hydrogens is 302 g/mol. The zero-order valence-corrected chi connectivity index (χ0v) is 13.5. The molecule has 1 amide bonds. The molecule has 1 N–H and O–H groups in total. The third kappa shape index (κ3) is 3.33. The van der Waals surface area contributed by atoms with Crippen molar-refractivity contribution in [2.75, 3.05) is 19.7 Å². The second-order valence-corrected chi connectivity index (χ2v) is 6.29. The molecule has 0 bridgehead atoms. The van der Waals surface area contributed by atoms with Crippen LogP contribution in [0.4, 0.5) is 0 Å². The van der Waals surface area contributed by atoms with Crippen LogP contribution in [0.2, 0.25) is 0 Å². The summed E-state index contributed by atoms with van der Waals surface area (Å²) in [6.07, 6.45) is 0.878. The maximum absolute atomic E-state index is 12.4. The SMILES string of the molecule is CCc1nc([C@H]2CN(C(=O)Cc3csc(C)n3)CCO2)n[nH]1. The molecule has 0 unspecified atom stereocenters. The van der Waals surface area contributed by atoms with Gasteiger partial charge in [-0.25, -0.2) is 9.97 Å². The summed E-state index contributed by atoms with van der Waals surface area (Å²) >= 11 is 1.57. The number of nitrogens with zero attached hydrogens (tertiary/aromatic N) is 4. The number of thiazole rings is 1. The number of H-pyrrole nitrogens is 1. The first kappa shape index (κ1) is 15.1. The summed E-state index contributed by atoms with van der Waals surface area (Å²) in [5.41, 5.74) is 0.835. The van der Waals surface area contributed by atoms with E-state index in [4.69, 9.17) is 4.74 Å². The Morgan fingerprint density at radius 1 is 1.55 bits per heavy atom. The number of aromatic amines is 1. The van der Waals surface area contributed by atoms with Crippen LogP contribution in [-0.4, -0.2) is 50.7 Å². The van der Waals surface area contributed by atoms with Gasteiger partial charge in [0.1, 0.15) is 11.9 Å². The van der Waals surface area contributed by atoms with E-state index in [9.17, 15) is 4.79 Å². The van der Waals surface area contributed by atoms with Crippen molar-refractivity contribution in [3.05, 3.63) is 27.7 Å². The number of hydrogen-bond donors (Lipinski definition) is 1. The van der Waals surface area contributed by atoms with Gasteiger partial charge in [-0.1, -0.05) is 6.92 Å². The van der Waals surface area contributed by atoms with Crippen molar-refractivity contribution < 1.29 is 9.53 Å². The Hall–Kier alpha value is -1.80. The third-order valence-electron chi connectivity index (χ3n) is 3.59. The molecule has 2 aromatic rings. The summed E-state index contributed by atoms with van der Waals surface area (Å²) in [6, 6.07) is 0. The average Bonchev–Trinajstić information content (AvgIpc) is 3.16. The standard InChI is InChI=1S/C14H19N5O2S/c1-3-12-16-14(18-17-12)11-7-19(4-5-21-11)13(20)6-10-8-22-9(2)15-10/h8,11H,3-7H2,1-2H3,(H,16,17,18)/t11-/m1/s1. The normalized spacial score (nSPS) is 18.6. The molecule has 8 heteroatoms. The van der Waals surface area contributed by atoms with E-state index in [1.54, 1.807) is 11.3 Å². The largest absolute Gasteiger partial charge is 0.366 e. The average molecular weight is 321 g/mol. The summed E-state index contributed by atoms with van der Waals surface area (Å²) in [5.74, 6) is 1.53. The van der Waals surface area contributed by atoms with Crippen molar-refractivity contribution in [2.24, 2.45) is 0 Å². The topological polar surface area (TPSA) is 84.0 Å². The van der Waals surface area contributed by atoms with Crippen molar-refractivity contribution in [1.29, 1.82) is 0 Å². The zero-order valence-electron chi connectivity index (χ0n) is 12.7. The van der Waals surface area contributed by atoms with Gasteiger partial charge in [-0.15, -0.1) is 11.3 Å². The highest BCUT2D eigenvalue weighted by Gasteiger charge is 2.28. The lowest BCUT2D eigenvalue weighted by Crippen LogP contribution is -2.43. The molecule has 1 saturated heterocycles. The molecule has 0 aromatic carbocycles. The third-order valence-corrected chi connectivity index (χ3v) is 4.41. The molecular formula is C14H19N5O2S. The first-order valence-corrected chi connectivity index (χ1v) is 8.25. The van der Waals surface area contributed by atoms with E-state index >= 15 is 0 Å². The molecule has 7 nitrogen and oxygen atoms in total. The molecule has 0 aliphatic carbocycles. The van der Waals surface area contributed by atoms with Gasteiger partial charge in [0.25, 0.3) is 0 Å². The fraction of sp³-hybridized carbons (Fsp3) is 0.571. The van der Waals surface area contributed by atoms with Gasteiger partial charge >= 0.3 is 0 Å². The number of nitrogens with one attached hydrogen (secondary N) is 1. The van der Waals surface area contributed by atoms with E-state index in [0.29, 0.717) is 31.9 Å². The maximum Gasteiger partial charge on any atom is 0.228 e. The zero-order chi connectivity index (χ0) is 15.5. The second kappa shape index (κ2) is 6.53. The summed E-state index contributed by atoms with van der Waals surface area (Å²) in [6.45, 7) is 5.55. The number of carbonyl (C=O) groups is 1. The van der Waals surface area contributed by atoms with Crippen molar-refractivity contribution in [2.45, 2.75) is 32.8 Å². The number of carbonyl (C=O) groups excluding carboxylic acids is 1. The number of ether oxygens (including phenoxy) is 1. The number of hydrogen-bond acceptors (Lipinski definition) is 6. The van der Waals surface area contributed by atoms with Crippen LogP contribution in [0.3, 0.4) is 0 Å². The minimum atomic E-state index is -0.258.